The summed E-state index contributed by atoms with van der Waals surface area (Å²) in [4.78, 5) is 29.9. The fourth-order valence-corrected chi connectivity index (χ4v) is 2.78. The van der Waals surface area contributed by atoms with Crippen LogP contribution in [0.25, 0.3) is 0 Å². The van der Waals surface area contributed by atoms with Crippen LogP contribution in [-0.2, 0) is 11.3 Å². The van der Waals surface area contributed by atoms with Crippen molar-refractivity contribution >= 4 is 11.8 Å². The van der Waals surface area contributed by atoms with Crippen molar-refractivity contribution in [1.82, 2.24) is 15.2 Å². The molecule has 2 aromatic rings. The van der Waals surface area contributed by atoms with Crippen LogP contribution in [0.4, 0.5) is 0 Å². The Balaban J connectivity index is 1.44. The highest BCUT2D eigenvalue weighted by atomic mass is 16.3. The molecule has 3 rings (SSSR count). The van der Waals surface area contributed by atoms with Gasteiger partial charge in [0.1, 0.15) is 0 Å². The molecule has 1 saturated heterocycles. The second-order valence-electron chi connectivity index (χ2n) is 5.72. The standard InChI is InChI=1S/C17H19N3O3/c21-16(19-11-13-3-6-18-7-4-13)10-14-5-8-20(12-14)17(22)15-2-1-9-23-15/h1-4,6-7,9,14H,5,8,10-12H2,(H,19,21). The molecular formula is C17H19N3O3. The number of likely N-dealkylation sites (tertiary alicyclic amines) is 1. The van der Waals surface area contributed by atoms with E-state index in [4.69, 9.17) is 4.42 Å². The molecule has 0 spiro atoms. The Kier molecular flexibility index (Phi) is 4.71. The van der Waals surface area contributed by atoms with Crippen LogP contribution in [0.3, 0.4) is 0 Å². The fourth-order valence-electron chi connectivity index (χ4n) is 2.78. The topological polar surface area (TPSA) is 75.4 Å². The molecule has 1 aliphatic rings. The quantitative estimate of drug-likeness (QED) is 0.914. The second kappa shape index (κ2) is 7.09. The Bertz CT molecular complexity index is 655. The fraction of sp³-hybridized carbons (Fsp3) is 0.353. The van der Waals surface area contributed by atoms with Crippen LogP contribution in [0.2, 0.25) is 0 Å². The van der Waals surface area contributed by atoms with Gasteiger partial charge in [0, 0.05) is 38.4 Å². The Morgan fingerprint density at radius 1 is 1.30 bits per heavy atom. The van der Waals surface area contributed by atoms with Crippen molar-refractivity contribution in [1.29, 1.82) is 0 Å². The number of nitrogens with one attached hydrogen (secondary N) is 1. The maximum absolute atomic E-state index is 12.2. The summed E-state index contributed by atoms with van der Waals surface area (Å²) in [6, 6.07) is 7.11. The molecule has 1 unspecified atom stereocenters. The number of nitrogens with zero attached hydrogens (tertiary/aromatic N) is 2. The lowest BCUT2D eigenvalue weighted by Gasteiger charge is -2.15. The number of furan rings is 1. The van der Waals surface area contributed by atoms with Crippen molar-refractivity contribution in [2.45, 2.75) is 19.4 Å². The van der Waals surface area contributed by atoms with Crippen LogP contribution in [0, 0.1) is 5.92 Å². The predicted molar refractivity (Wildman–Crippen MR) is 83.4 cm³/mol. The first kappa shape index (κ1) is 15.3. The highest BCUT2D eigenvalue weighted by Gasteiger charge is 2.29. The summed E-state index contributed by atoms with van der Waals surface area (Å²) in [7, 11) is 0. The third-order valence-corrected chi connectivity index (χ3v) is 4.02. The summed E-state index contributed by atoms with van der Waals surface area (Å²) in [6.07, 6.45) is 6.18. The average Bonchev–Trinajstić information content (AvgIpc) is 3.25. The van der Waals surface area contributed by atoms with E-state index >= 15 is 0 Å². The molecule has 1 atom stereocenters. The first-order chi connectivity index (χ1) is 11.2. The molecule has 0 saturated carbocycles. The van der Waals surface area contributed by atoms with Gasteiger partial charge < -0.3 is 14.6 Å². The van der Waals surface area contributed by atoms with Gasteiger partial charge in [0.05, 0.1) is 6.26 Å². The Labute approximate surface area is 134 Å². The van der Waals surface area contributed by atoms with E-state index < -0.39 is 0 Å². The number of hydrogen-bond acceptors (Lipinski definition) is 4. The molecule has 3 heterocycles. The molecule has 2 amide bonds. The molecule has 0 bridgehead atoms. The number of pyridine rings is 1. The number of carbonyl (C=O) groups is 2. The van der Waals surface area contributed by atoms with Crippen LogP contribution in [0.1, 0.15) is 29.0 Å². The van der Waals surface area contributed by atoms with Crippen molar-refractivity contribution in [3.63, 3.8) is 0 Å². The summed E-state index contributed by atoms with van der Waals surface area (Å²) >= 11 is 0. The maximum atomic E-state index is 12.2. The van der Waals surface area contributed by atoms with Gasteiger partial charge in [-0.25, -0.2) is 0 Å². The summed E-state index contributed by atoms with van der Waals surface area (Å²) in [6.45, 7) is 1.77. The van der Waals surface area contributed by atoms with Gasteiger partial charge >= 0.3 is 0 Å². The van der Waals surface area contributed by atoms with E-state index in [0.29, 0.717) is 31.8 Å². The average molecular weight is 313 g/mol. The molecule has 1 aliphatic heterocycles. The third kappa shape index (κ3) is 3.97. The SMILES string of the molecule is O=C(CC1CCN(C(=O)c2ccco2)C1)NCc1ccncc1. The van der Waals surface area contributed by atoms with Crippen LogP contribution in [-0.4, -0.2) is 34.8 Å². The molecule has 6 nitrogen and oxygen atoms in total. The lowest BCUT2D eigenvalue weighted by Crippen LogP contribution is -2.30. The molecule has 23 heavy (non-hydrogen) atoms. The summed E-state index contributed by atoms with van der Waals surface area (Å²) in [5.41, 5.74) is 1.02. The van der Waals surface area contributed by atoms with Crippen LogP contribution in [0.15, 0.2) is 47.3 Å². The lowest BCUT2D eigenvalue weighted by molar-refractivity contribution is -0.122. The van der Waals surface area contributed by atoms with E-state index in [2.05, 4.69) is 10.3 Å². The molecular weight excluding hydrogens is 294 g/mol. The van der Waals surface area contributed by atoms with Crippen LogP contribution >= 0.6 is 0 Å². The zero-order valence-electron chi connectivity index (χ0n) is 12.8. The Morgan fingerprint density at radius 3 is 2.87 bits per heavy atom. The van der Waals surface area contributed by atoms with Gasteiger partial charge in [-0.2, -0.15) is 0 Å². The van der Waals surface area contributed by atoms with Gasteiger partial charge in [-0.05, 0) is 42.2 Å². The van der Waals surface area contributed by atoms with E-state index in [1.54, 1.807) is 29.4 Å². The van der Waals surface area contributed by atoms with E-state index in [1.165, 1.54) is 6.26 Å². The molecule has 0 radical (unpaired) electrons. The zero-order chi connectivity index (χ0) is 16.1. The van der Waals surface area contributed by atoms with Gasteiger partial charge in [-0.1, -0.05) is 0 Å². The number of rotatable bonds is 5. The number of aromatic nitrogens is 1. The largest absolute Gasteiger partial charge is 0.459 e. The monoisotopic (exact) mass is 313 g/mol. The normalized spacial score (nSPS) is 17.2. The van der Waals surface area contributed by atoms with Crippen molar-refractivity contribution in [2.75, 3.05) is 13.1 Å². The highest BCUT2D eigenvalue weighted by Crippen LogP contribution is 2.21. The molecule has 1 fully saturated rings. The molecule has 0 aliphatic carbocycles. The number of hydrogen-bond donors (Lipinski definition) is 1. The minimum absolute atomic E-state index is 0.0131. The third-order valence-electron chi connectivity index (χ3n) is 4.02. The van der Waals surface area contributed by atoms with Crippen molar-refractivity contribution < 1.29 is 14.0 Å². The minimum atomic E-state index is -0.102. The predicted octanol–water partition coefficient (Wildman–Crippen LogP) is 1.84. The van der Waals surface area contributed by atoms with Crippen molar-refractivity contribution in [3.8, 4) is 0 Å². The van der Waals surface area contributed by atoms with Gasteiger partial charge in [-0.15, -0.1) is 0 Å². The van der Waals surface area contributed by atoms with E-state index in [9.17, 15) is 9.59 Å². The van der Waals surface area contributed by atoms with Crippen LogP contribution < -0.4 is 5.32 Å². The summed E-state index contributed by atoms with van der Waals surface area (Å²) < 4.78 is 5.14. The van der Waals surface area contributed by atoms with E-state index in [-0.39, 0.29) is 17.7 Å². The molecule has 2 aromatic heterocycles. The maximum Gasteiger partial charge on any atom is 0.289 e. The van der Waals surface area contributed by atoms with Gasteiger partial charge in [0.25, 0.3) is 5.91 Å². The molecule has 0 aromatic carbocycles. The summed E-state index contributed by atoms with van der Waals surface area (Å²) in [5.74, 6) is 0.466. The van der Waals surface area contributed by atoms with Crippen molar-refractivity contribution in [3.05, 3.63) is 54.2 Å². The first-order valence-electron chi connectivity index (χ1n) is 7.71. The lowest BCUT2D eigenvalue weighted by atomic mass is 10.0. The first-order valence-corrected chi connectivity index (χ1v) is 7.71. The van der Waals surface area contributed by atoms with Gasteiger partial charge in [0.2, 0.25) is 5.91 Å². The number of amides is 2. The minimum Gasteiger partial charge on any atom is -0.459 e. The Hall–Kier alpha value is -2.63. The van der Waals surface area contributed by atoms with Gasteiger partial charge in [0.15, 0.2) is 5.76 Å². The highest BCUT2D eigenvalue weighted by molar-refractivity contribution is 5.91. The van der Waals surface area contributed by atoms with Gasteiger partial charge in [-0.3, -0.25) is 14.6 Å². The summed E-state index contributed by atoms with van der Waals surface area (Å²) in [5, 5.41) is 2.91. The van der Waals surface area contributed by atoms with E-state index in [1.807, 2.05) is 12.1 Å². The smallest absolute Gasteiger partial charge is 0.289 e. The molecule has 1 N–H and O–H groups in total. The van der Waals surface area contributed by atoms with E-state index in [0.717, 1.165) is 12.0 Å². The zero-order valence-corrected chi connectivity index (χ0v) is 12.8. The number of carbonyl (C=O) groups excluding carboxylic acids is 2. The van der Waals surface area contributed by atoms with Crippen molar-refractivity contribution in [2.24, 2.45) is 5.92 Å². The Morgan fingerprint density at radius 2 is 2.13 bits per heavy atom. The second-order valence-corrected chi connectivity index (χ2v) is 5.72. The molecule has 120 valence electrons. The molecule has 6 heteroatoms. The van der Waals surface area contributed by atoms with Crippen LogP contribution in [0.5, 0.6) is 0 Å².